The molecule has 0 spiro atoms. The van der Waals surface area contributed by atoms with Crippen LogP contribution < -0.4 is 0 Å². The second-order valence-electron chi connectivity index (χ2n) is 2.75. The zero-order chi connectivity index (χ0) is 9.42. The minimum absolute atomic E-state index is 0.862. The lowest BCUT2D eigenvalue weighted by Crippen LogP contribution is -1.71. The Labute approximate surface area is 97.4 Å². The maximum absolute atomic E-state index is 5.61. The van der Waals surface area contributed by atoms with Gasteiger partial charge in [0.2, 0.25) is 5.02 Å². The number of rotatable bonds is 1. The highest BCUT2D eigenvalue weighted by Gasteiger charge is 2.11. The molecule has 68 valence electrons. The number of aryl methyl sites for hydroxylation is 1. The molecule has 0 aliphatic heterocycles. The number of fused-ring (bicyclic) bond motifs is 1. The number of hydrogen-bond donors (Lipinski definition) is 0. The van der Waals surface area contributed by atoms with Gasteiger partial charge in [-0.15, -0.1) is 0 Å². The summed E-state index contributed by atoms with van der Waals surface area (Å²) in [6.07, 6.45) is 0. The highest BCUT2D eigenvalue weighted by atomic mass is 127. The smallest absolute Gasteiger partial charge is 0.226 e. The fraction of sp³-hybridized carbons (Fsp3) is 0.111. The monoisotopic (exact) mass is 325 g/mol. The van der Waals surface area contributed by atoms with Gasteiger partial charge in [-0.25, -0.2) is 0 Å². The summed E-state index contributed by atoms with van der Waals surface area (Å²) in [5.74, 6) is 0. The van der Waals surface area contributed by atoms with E-state index in [-0.39, 0.29) is 0 Å². The summed E-state index contributed by atoms with van der Waals surface area (Å²) < 4.78 is 5.61. The van der Waals surface area contributed by atoms with Gasteiger partial charge in [-0.3, -0.25) is 0 Å². The number of furan rings is 1. The first kappa shape index (κ1) is 9.68. The molecule has 1 nitrogen and oxygen atoms in total. The van der Waals surface area contributed by atoms with E-state index in [2.05, 4.69) is 28.1 Å². The fourth-order valence-corrected chi connectivity index (χ4v) is 3.04. The van der Waals surface area contributed by atoms with Crippen LogP contribution in [0.3, 0.4) is 0 Å². The highest BCUT2D eigenvalue weighted by molar-refractivity contribution is 14.2. The third-order valence-corrected chi connectivity index (χ3v) is 3.92. The van der Waals surface area contributed by atoms with Crippen LogP contribution in [0, 0.1) is 18.5 Å². The van der Waals surface area contributed by atoms with Crippen molar-refractivity contribution in [1.82, 2.24) is 0 Å². The number of halogens is 2. The van der Waals surface area contributed by atoms with Gasteiger partial charge in [0.25, 0.3) is 0 Å². The zero-order valence-electron chi connectivity index (χ0n) is 6.83. The molecule has 1 aromatic heterocycles. The van der Waals surface area contributed by atoms with Gasteiger partial charge in [-0.2, -0.15) is 0 Å². The highest BCUT2D eigenvalue weighted by Crippen LogP contribution is 2.36. The minimum Gasteiger partial charge on any atom is -0.449 e. The Kier molecular flexibility index (Phi) is 2.76. The van der Waals surface area contributed by atoms with E-state index < -0.39 is 0 Å². The Morgan fingerprint density at radius 1 is 1.46 bits per heavy atom. The molecule has 1 aromatic carbocycles. The largest absolute Gasteiger partial charge is 0.449 e. The van der Waals surface area contributed by atoms with Crippen molar-refractivity contribution < 1.29 is 16.0 Å². The van der Waals surface area contributed by atoms with Crippen LogP contribution in [0.5, 0.6) is 0 Å². The average molecular weight is 326 g/mol. The summed E-state index contributed by atoms with van der Waals surface area (Å²) in [6.45, 7) is 2.06. The fourth-order valence-electron chi connectivity index (χ4n) is 1.25. The first-order valence-corrected chi connectivity index (χ1v) is 7.48. The van der Waals surface area contributed by atoms with Gasteiger partial charge in [0.05, 0.1) is 0 Å². The molecule has 0 unspecified atom stereocenters. The van der Waals surface area contributed by atoms with E-state index >= 15 is 0 Å². The predicted octanol–water partition coefficient (Wildman–Crippen LogP) is 3.88. The van der Waals surface area contributed by atoms with E-state index in [0.29, 0.717) is 0 Å². The van der Waals surface area contributed by atoms with E-state index in [1.165, 1.54) is 5.56 Å². The first-order chi connectivity index (χ1) is 6.22. The van der Waals surface area contributed by atoms with Crippen LogP contribution in [-0.2, 0) is 0 Å². The van der Waals surface area contributed by atoms with Gasteiger partial charge in [-0.1, -0.05) is 0 Å². The van der Waals surface area contributed by atoms with Crippen molar-refractivity contribution in [2.75, 3.05) is 0 Å². The summed E-state index contributed by atoms with van der Waals surface area (Å²) >= 11 is 7.31. The molecule has 13 heavy (non-hydrogen) atoms. The molecule has 0 aliphatic rings. The summed E-state index contributed by atoms with van der Waals surface area (Å²) in [5, 5.41) is 2.96. The molecular formula is C9H7ClIOS+. The van der Waals surface area contributed by atoms with Crippen molar-refractivity contribution in [1.29, 1.82) is 0 Å². The van der Waals surface area contributed by atoms with E-state index in [9.17, 15) is 0 Å². The van der Waals surface area contributed by atoms with E-state index in [1.54, 1.807) is 8.93 Å². The molecule has 2 rings (SSSR count). The molecule has 0 radical (unpaired) electrons. The molecule has 0 saturated heterocycles. The first-order valence-electron chi connectivity index (χ1n) is 3.71. The second-order valence-corrected chi connectivity index (χ2v) is 5.07. The molecule has 0 bridgehead atoms. The molecule has 0 saturated carbocycles. The quantitative estimate of drug-likeness (QED) is 0.738. The van der Waals surface area contributed by atoms with Crippen molar-refractivity contribution in [2.24, 2.45) is 0 Å². The van der Waals surface area contributed by atoms with Crippen LogP contribution in [-0.4, -0.2) is 0 Å². The maximum Gasteiger partial charge on any atom is 0.226 e. The van der Waals surface area contributed by atoms with Crippen molar-refractivity contribution >= 4 is 41.1 Å². The normalized spacial score (nSPS) is 11.0. The van der Waals surface area contributed by atoms with Crippen LogP contribution in [0.1, 0.15) is 5.56 Å². The second kappa shape index (κ2) is 3.71. The minimum atomic E-state index is 0.862. The molecule has 0 amide bonds. The van der Waals surface area contributed by atoms with Crippen LogP contribution in [0.2, 0.25) is 5.02 Å². The van der Waals surface area contributed by atoms with Gasteiger partial charge in [-0.05, 0) is 21.9 Å². The predicted molar refractivity (Wildman–Crippen MR) is 61.4 cm³/mol. The van der Waals surface area contributed by atoms with Crippen LogP contribution in [0.25, 0.3) is 11.0 Å². The van der Waals surface area contributed by atoms with Gasteiger partial charge in [0, 0.05) is 44.3 Å². The Balaban J connectivity index is 2.77. The van der Waals surface area contributed by atoms with E-state index in [4.69, 9.17) is 16.0 Å². The van der Waals surface area contributed by atoms with Gasteiger partial charge < -0.3 is 4.42 Å². The van der Waals surface area contributed by atoms with Crippen molar-refractivity contribution in [3.63, 3.8) is 0 Å². The Bertz CT molecular complexity index is 452. The Morgan fingerprint density at radius 3 is 2.92 bits per heavy atom. The topological polar surface area (TPSA) is 13.1 Å². The molecule has 0 fully saturated rings. The van der Waals surface area contributed by atoms with Crippen molar-refractivity contribution in [2.45, 2.75) is 12.0 Å². The Hall–Kier alpha value is 0.130. The van der Waals surface area contributed by atoms with E-state index in [0.717, 1.165) is 21.1 Å². The summed E-state index contributed by atoms with van der Waals surface area (Å²) in [7, 11) is 1.60. The summed E-state index contributed by atoms with van der Waals surface area (Å²) in [6, 6.07) is 5.81. The molecule has 0 atom stereocenters. The lowest BCUT2D eigenvalue weighted by atomic mass is 10.2. The molecular weight excluding hydrogens is 319 g/mol. The molecule has 2 aromatic rings. The average Bonchev–Trinajstić information content (AvgIpc) is 2.44. The summed E-state index contributed by atoms with van der Waals surface area (Å²) in [4.78, 5) is 0. The van der Waals surface area contributed by atoms with Gasteiger partial charge >= 0.3 is 0 Å². The molecule has 4 heteroatoms. The van der Waals surface area contributed by atoms with Crippen LogP contribution >= 0.6 is 30.1 Å². The molecule has 0 aliphatic carbocycles. The number of benzene rings is 1. The lowest BCUT2D eigenvalue weighted by molar-refractivity contribution is -0.288. The maximum atomic E-state index is 5.61. The van der Waals surface area contributed by atoms with Crippen molar-refractivity contribution in [3.05, 3.63) is 28.8 Å². The summed E-state index contributed by atoms with van der Waals surface area (Å²) in [5.41, 5.74) is 2.10. The van der Waals surface area contributed by atoms with Crippen molar-refractivity contribution in [3.8, 4) is 0 Å². The zero-order valence-corrected chi connectivity index (χ0v) is 10.6. The lowest BCUT2D eigenvalue weighted by Gasteiger charge is -1.86. The third-order valence-electron chi connectivity index (χ3n) is 1.93. The number of hydrogen-bond acceptors (Lipinski definition) is 2. The third kappa shape index (κ3) is 1.69. The van der Waals surface area contributed by atoms with Crippen LogP contribution in [0.4, 0.5) is 0 Å². The molecule has 1 heterocycles. The van der Waals surface area contributed by atoms with Crippen LogP contribution in [0.15, 0.2) is 27.7 Å². The standard InChI is InChI=1S/C9H7ClIOS/c1-5-7-4-6(10)2-3-8(7)12-9(5)13-11/h2-4,10H,1H3/q+1. The molecule has 0 N–H and O–H groups in total. The SMILES string of the molecule is Cc1c(SI)oc2ccc([ClH+])cc12. The van der Waals surface area contributed by atoms with Gasteiger partial charge in [0.15, 0.2) is 16.7 Å². The van der Waals surface area contributed by atoms with Gasteiger partial charge in [0.1, 0.15) is 5.58 Å². The van der Waals surface area contributed by atoms with E-state index in [1.807, 2.05) is 18.2 Å². The Morgan fingerprint density at radius 2 is 2.23 bits per heavy atom.